The summed E-state index contributed by atoms with van der Waals surface area (Å²) in [5, 5.41) is 3.65. The Bertz CT molecular complexity index is 400. The van der Waals surface area contributed by atoms with E-state index in [1.165, 1.54) is 11.1 Å². The molecular weight excluding hydrogens is 238 g/mol. The van der Waals surface area contributed by atoms with Crippen LogP contribution in [0, 0.1) is 12.8 Å². The normalized spacial score (nSPS) is 18.3. The highest BCUT2D eigenvalue weighted by Crippen LogP contribution is 2.33. The van der Waals surface area contributed by atoms with Gasteiger partial charge in [0.2, 0.25) is 0 Å². The van der Waals surface area contributed by atoms with Crippen molar-refractivity contribution < 1.29 is 9.47 Å². The summed E-state index contributed by atoms with van der Waals surface area (Å²) in [6, 6.07) is 6.82. The maximum Gasteiger partial charge on any atom is 0.119 e. The molecule has 2 rings (SSSR count). The van der Waals surface area contributed by atoms with Gasteiger partial charge < -0.3 is 14.8 Å². The van der Waals surface area contributed by atoms with Gasteiger partial charge in [0.15, 0.2) is 0 Å². The molecule has 0 radical (unpaired) electrons. The Morgan fingerprint density at radius 3 is 2.68 bits per heavy atom. The lowest BCUT2D eigenvalue weighted by Crippen LogP contribution is -2.32. The fourth-order valence-electron chi connectivity index (χ4n) is 2.92. The summed E-state index contributed by atoms with van der Waals surface area (Å²) >= 11 is 0. The molecule has 1 unspecified atom stereocenters. The van der Waals surface area contributed by atoms with E-state index in [1.807, 2.05) is 0 Å². The van der Waals surface area contributed by atoms with E-state index in [-0.39, 0.29) is 0 Å². The second-order valence-electron chi connectivity index (χ2n) is 5.21. The topological polar surface area (TPSA) is 30.5 Å². The molecule has 19 heavy (non-hydrogen) atoms. The molecule has 0 bridgehead atoms. The van der Waals surface area contributed by atoms with Gasteiger partial charge in [0.1, 0.15) is 5.75 Å². The first-order valence-corrected chi connectivity index (χ1v) is 7.22. The highest BCUT2D eigenvalue weighted by Gasteiger charge is 2.25. The predicted octanol–water partition coefficient (Wildman–Crippen LogP) is 3.08. The smallest absolute Gasteiger partial charge is 0.119 e. The molecule has 0 saturated carbocycles. The van der Waals surface area contributed by atoms with Gasteiger partial charge in [0.05, 0.1) is 7.11 Å². The number of benzene rings is 1. The van der Waals surface area contributed by atoms with Gasteiger partial charge in [-0.15, -0.1) is 0 Å². The summed E-state index contributed by atoms with van der Waals surface area (Å²) < 4.78 is 10.8. The first-order chi connectivity index (χ1) is 9.26. The van der Waals surface area contributed by atoms with Crippen LogP contribution in [0.2, 0.25) is 0 Å². The van der Waals surface area contributed by atoms with E-state index >= 15 is 0 Å². The molecule has 1 N–H and O–H groups in total. The zero-order chi connectivity index (χ0) is 13.7. The van der Waals surface area contributed by atoms with Crippen LogP contribution in [-0.4, -0.2) is 26.9 Å². The van der Waals surface area contributed by atoms with E-state index in [9.17, 15) is 0 Å². The largest absolute Gasteiger partial charge is 0.497 e. The highest BCUT2D eigenvalue weighted by molar-refractivity contribution is 5.37. The van der Waals surface area contributed by atoms with Gasteiger partial charge in [-0.3, -0.25) is 0 Å². The number of nitrogens with one attached hydrogen (secondary N) is 1. The summed E-state index contributed by atoms with van der Waals surface area (Å²) in [5.74, 6) is 1.60. The lowest BCUT2D eigenvalue weighted by molar-refractivity contribution is 0.0537. The lowest BCUT2D eigenvalue weighted by atomic mass is 9.85. The quantitative estimate of drug-likeness (QED) is 0.885. The fraction of sp³-hybridized carbons (Fsp3) is 0.625. The average molecular weight is 263 g/mol. The maximum atomic E-state index is 5.48. The summed E-state index contributed by atoms with van der Waals surface area (Å²) in [6.07, 6.45) is 2.28. The van der Waals surface area contributed by atoms with Gasteiger partial charge in [-0.25, -0.2) is 0 Å². The van der Waals surface area contributed by atoms with E-state index in [1.54, 1.807) is 7.11 Å². The van der Waals surface area contributed by atoms with Crippen LogP contribution < -0.4 is 10.1 Å². The lowest BCUT2D eigenvalue weighted by Gasteiger charge is -2.32. The standard InChI is InChI=1S/C16H25NO2/c1-4-17-16(13-7-9-19-10-8-13)15-6-5-14(18-3)11-12(15)2/h5-6,11,13,16-17H,4,7-10H2,1-3H3. The molecule has 1 aliphatic rings. The van der Waals surface area contributed by atoms with Crippen molar-refractivity contribution >= 4 is 0 Å². The van der Waals surface area contributed by atoms with Gasteiger partial charge in [-0.05, 0) is 55.5 Å². The molecule has 0 amide bonds. The first kappa shape index (κ1) is 14.4. The molecule has 1 atom stereocenters. The van der Waals surface area contributed by atoms with Gasteiger partial charge >= 0.3 is 0 Å². The third kappa shape index (κ3) is 3.48. The number of methoxy groups -OCH3 is 1. The van der Waals surface area contributed by atoms with Crippen molar-refractivity contribution in [3.63, 3.8) is 0 Å². The molecular formula is C16H25NO2. The number of hydrogen-bond acceptors (Lipinski definition) is 3. The van der Waals surface area contributed by atoms with Crippen LogP contribution in [0.3, 0.4) is 0 Å². The molecule has 3 heteroatoms. The number of aryl methyl sites for hydroxylation is 1. The fourth-order valence-corrected chi connectivity index (χ4v) is 2.92. The Morgan fingerprint density at radius 2 is 2.11 bits per heavy atom. The number of ether oxygens (including phenoxy) is 2. The predicted molar refractivity (Wildman–Crippen MR) is 77.7 cm³/mol. The first-order valence-electron chi connectivity index (χ1n) is 7.22. The number of hydrogen-bond donors (Lipinski definition) is 1. The Kier molecular flexibility index (Phi) is 5.23. The van der Waals surface area contributed by atoms with Crippen LogP contribution in [0.5, 0.6) is 5.75 Å². The maximum absolute atomic E-state index is 5.48. The molecule has 1 fully saturated rings. The zero-order valence-electron chi connectivity index (χ0n) is 12.2. The van der Waals surface area contributed by atoms with Crippen LogP contribution in [-0.2, 0) is 4.74 Å². The minimum absolute atomic E-state index is 0.430. The SMILES string of the molecule is CCNC(c1ccc(OC)cc1C)C1CCOCC1. The summed E-state index contributed by atoms with van der Waals surface area (Å²) in [4.78, 5) is 0. The van der Waals surface area contributed by atoms with Crippen molar-refractivity contribution in [3.8, 4) is 5.75 Å². The van der Waals surface area contributed by atoms with E-state index < -0.39 is 0 Å². The molecule has 1 aromatic rings. The van der Waals surface area contributed by atoms with E-state index in [4.69, 9.17) is 9.47 Å². The van der Waals surface area contributed by atoms with E-state index in [2.05, 4.69) is 37.4 Å². The van der Waals surface area contributed by atoms with Crippen molar-refractivity contribution in [2.45, 2.75) is 32.7 Å². The summed E-state index contributed by atoms with van der Waals surface area (Å²) in [6.45, 7) is 7.11. The molecule has 106 valence electrons. The van der Waals surface area contributed by atoms with Gasteiger partial charge in [0, 0.05) is 19.3 Å². The van der Waals surface area contributed by atoms with Gasteiger partial charge in [0.25, 0.3) is 0 Å². The molecule has 3 nitrogen and oxygen atoms in total. The monoisotopic (exact) mass is 263 g/mol. The Balaban J connectivity index is 2.22. The number of rotatable bonds is 5. The van der Waals surface area contributed by atoms with E-state index in [0.29, 0.717) is 12.0 Å². The van der Waals surface area contributed by atoms with Crippen LogP contribution in [0.15, 0.2) is 18.2 Å². The molecule has 0 aliphatic carbocycles. The van der Waals surface area contributed by atoms with Crippen LogP contribution >= 0.6 is 0 Å². The molecule has 1 heterocycles. The van der Waals surface area contributed by atoms with Crippen molar-refractivity contribution in [2.24, 2.45) is 5.92 Å². The van der Waals surface area contributed by atoms with Crippen LogP contribution in [0.4, 0.5) is 0 Å². The minimum Gasteiger partial charge on any atom is -0.497 e. The van der Waals surface area contributed by atoms with Crippen LogP contribution in [0.1, 0.15) is 36.9 Å². The third-order valence-electron chi connectivity index (χ3n) is 3.97. The molecule has 0 spiro atoms. The second kappa shape index (κ2) is 6.92. The van der Waals surface area contributed by atoms with Crippen molar-refractivity contribution in [1.29, 1.82) is 0 Å². The van der Waals surface area contributed by atoms with Crippen LogP contribution in [0.25, 0.3) is 0 Å². The third-order valence-corrected chi connectivity index (χ3v) is 3.97. The molecule has 0 aromatic heterocycles. The molecule has 1 aliphatic heterocycles. The average Bonchev–Trinajstić information content (AvgIpc) is 2.46. The summed E-state index contributed by atoms with van der Waals surface area (Å²) in [5.41, 5.74) is 2.70. The minimum atomic E-state index is 0.430. The molecule has 1 aromatic carbocycles. The Morgan fingerprint density at radius 1 is 1.37 bits per heavy atom. The van der Waals surface area contributed by atoms with Crippen molar-refractivity contribution in [1.82, 2.24) is 5.32 Å². The highest BCUT2D eigenvalue weighted by atomic mass is 16.5. The Hall–Kier alpha value is -1.06. The Labute approximate surface area is 116 Å². The van der Waals surface area contributed by atoms with E-state index in [0.717, 1.165) is 38.3 Å². The van der Waals surface area contributed by atoms with Crippen molar-refractivity contribution in [2.75, 3.05) is 26.9 Å². The summed E-state index contributed by atoms with van der Waals surface area (Å²) in [7, 11) is 1.72. The zero-order valence-corrected chi connectivity index (χ0v) is 12.2. The second-order valence-corrected chi connectivity index (χ2v) is 5.21. The van der Waals surface area contributed by atoms with Crippen molar-refractivity contribution in [3.05, 3.63) is 29.3 Å². The molecule has 1 saturated heterocycles. The van der Waals surface area contributed by atoms with Gasteiger partial charge in [-0.2, -0.15) is 0 Å². The van der Waals surface area contributed by atoms with Gasteiger partial charge in [-0.1, -0.05) is 13.0 Å².